The van der Waals surface area contributed by atoms with Crippen molar-refractivity contribution in [3.8, 4) is 11.3 Å². The molecule has 3 aromatic rings. The highest BCUT2D eigenvalue weighted by molar-refractivity contribution is 7.07. The van der Waals surface area contributed by atoms with Crippen molar-refractivity contribution < 1.29 is 0 Å². The predicted molar refractivity (Wildman–Crippen MR) is 119 cm³/mol. The standard InChI is InChI=1S/C24H30N2S/c1-5-20(6-2)21-11-13-23(14-12-21)26(18(3)4)15-19-7-9-22(10-8-19)24-16-27-17-25-24/h7-14,16-18,20H,5-6,15H2,1-4H3. The predicted octanol–water partition coefficient (Wildman–Crippen LogP) is 7.13. The van der Waals surface area contributed by atoms with Crippen molar-refractivity contribution in [3.05, 3.63) is 70.5 Å². The van der Waals surface area contributed by atoms with Gasteiger partial charge < -0.3 is 4.90 Å². The van der Waals surface area contributed by atoms with Crippen molar-refractivity contribution >= 4 is 17.0 Å². The highest BCUT2D eigenvalue weighted by Gasteiger charge is 2.13. The van der Waals surface area contributed by atoms with Crippen molar-refractivity contribution in [2.45, 2.75) is 59.0 Å². The molecule has 2 aromatic carbocycles. The Labute approximate surface area is 167 Å². The van der Waals surface area contributed by atoms with Gasteiger partial charge in [0.15, 0.2) is 0 Å². The summed E-state index contributed by atoms with van der Waals surface area (Å²) in [5.41, 5.74) is 8.21. The summed E-state index contributed by atoms with van der Waals surface area (Å²) in [7, 11) is 0. The Morgan fingerprint density at radius 2 is 1.59 bits per heavy atom. The number of hydrogen-bond acceptors (Lipinski definition) is 3. The van der Waals surface area contributed by atoms with Crippen LogP contribution in [0.3, 0.4) is 0 Å². The van der Waals surface area contributed by atoms with Crippen LogP contribution in [0.4, 0.5) is 5.69 Å². The zero-order valence-corrected chi connectivity index (χ0v) is 17.7. The Kier molecular flexibility index (Phi) is 6.68. The Morgan fingerprint density at radius 1 is 0.926 bits per heavy atom. The minimum atomic E-state index is 0.446. The number of thiazole rings is 1. The summed E-state index contributed by atoms with van der Waals surface area (Å²) < 4.78 is 0. The average molecular weight is 379 g/mol. The number of benzene rings is 2. The van der Waals surface area contributed by atoms with E-state index >= 15 is 0 Å². The van der Waals surface area contributed by atoms with Gasteiger partial charge in [0.25, 0.3) is 0 Å². The van der Waals surface area contributed by atoms with Crippen LogP contribution in [0.1, 0.15) is 57.6 Å². The minimum absolute atomic E-state index is 0.446. The first kappa shape index (κ1) is 19.6. The normalized spacial score (nSPS) is 11.3. The molecule has 0 aliphatic rings. The second-order valence-corrected chi connectivity index (χ2v) is 8.12. The maximum atomic E-state index is 4.40. The fourth-order valence-electron chi connectivity index (χ4n) is 3.60. The summed E-state index contributed by atoms with van der Waals surface area (Å²) in [6.07, 6.45) is 2.41. The topological polar surface area (TPSA) is 16.1 Å². The van der Waals surface area contributed by atoms with Gasteiger partial charge in [0.1, 0.15) is 0 Å². The van der Waals surface area contributed by atoms with Gasteiger partial charge in [-0.3, -0.25) is 0 Å². The summed E-state index contributed by atoms with van der Waals surface area (Å²) in [5, 5.41) is 2.09. The number of aromatic nitrogens is 1. The molecule has 3 heteroatoms. The SMILES string of the molecule is CCC(CC)c1ccc(N(Cc2ccc(-c3cscn3)cc2)C(C)C)cc1. The fourth-order valence-corrected chi connectivity index (χ4v) is 4.16. The maximum absolute atomic E-state index is 4.40. The van der Waals surface area contributed by atoms with E-state index in [-0.39, 0.29) is 0 Å². The molecule has 0 radical (unpaired) electrons. The highest BCUT2D eigenvalue weighted by atomic mass is 32.1. The van der Waals surface area contributed by atoms with Gasteiger partial charge in [-0.1, -0.05) is 50.2 Å². The molecule has 0 unspecified atom stereocenters. The van der Waals surface area contributed by atoms with Crippen molar-refractivity contribution in [2.75, 3.05) is 4.90 Å². The summed E-state index contributed by atoms with van der Waals surface area (Å²) in [4.78, 5) is 6.86. The third kappa shape index (κ3) is 4.78. The smallest absolute Gasteiger partial charge is 0.0811 e. The molecule has 0 N–H and O–H groups in total. The van der Waals surface area contributed by atoms with Crippen molar-refractivity contribution in [2.24, 2.45) is 0 Å². The van der Waals surface area contributed by atoms with Crippen LogP contribution < -0.4 is 4.90 Å². The van der Waals surface area contributed by atoms with Crippen molar-refractivity contribution in [1.29, 1.82) is 0 Å². The first-order chi connectivity index (χ1) is 13.1. The Morgan fingerprint density at radius 3 is 2.11 bits per heavy atom. The lowest BCUT2D eigenvalue weighted by Gasteiger charge is -2.29. The quantitative estimate of drug-likeness (QED) is 0.414. The van der Waals surface area contributed by atoms with E-state index in [1.54, 1.807) is 11.3 Å². The van der Waals surface area contributed by atoms with Crippen LogP contribution in [0, 0.1) is 0 Å². The summed E-state index contributed by atoms with van der Waals surface area (Å²) in [5.74, 6) is 0.671. The molecule has 0 aliphatic carbocycles. The number of hydrogen-bond donors (Lipinski definition) is 0. The summed E-state index contributed by atoms with van der Waals surface area (Å²) >= 11 is 1.64. The number of nitrogens with zero attached hydrogens (tertiary/aromatic N) is 2. The maximum Gasteiger partial charge on any atom is 0.0811 e. The lowest BCUT2D eigenvalue weighted by molar-refractivity contribution is 0.640. The molecule has 0 saturated heterocycles. The molecule has 0 aliphatic heterocycles. The van der Waals surface area contributed by atoms with E-state index in [2.05, 4.69) is 91.5 Å². The molecule has 1 heterocycles. The van der Waals surface area contributed by atoms with Gasteiger partial charge >= 0.3 is 0 Å². The molecule has 0 spiro atoms. The van der Waals surface area contributed by atoms with E-state index in [9.17, 15) is 0 Å². The van der Waals surface area contributed by atoms with E-state index in [0.29, 0.717) is 12.0 Å². The number of rotatable bonds is 8. The van der Waals surface area contributed by atoms with Crippen LogP contribution in [0.15, 0.2) is 59.4 Å². The molecule has 142 valence electrons. The highest BCUT2D eigenvalue weighted by Crippen LogP contribution is 2.27. The van der Waals surface area contributed by atoms with E-state index in [1.807, 2.05) is 5.51 Å². The summed E-state index contributed by atoms with van der Waals surface area (Å²) in [6, 6.07) is 18.5. The minimum Gasteiger partial charge on any atom is -0.365 e. The molecule has 2 nitrogen and oxygen atoms in total. The third-order valence-electron chi connectivity index (χ3n) is 5.34. The zero-order chi connectivity index (χ0) is 19.2. The van der Waals surface area contributed by atoms with Crippen LogP contribution in [0.2, 0.25) is 0 Å². The largest absolute Gasteiger partial charge is 0.365 e. The van der Waals surface area contributed by atoms with Gasteiger partial charge in [0.05, 0.1) is 11.2 Å². The van der Waals surface area contributed by atoms with Crippen LogP contribution in [0.25, 0.3) is 11.3 Å². The summed E-state index contributed by atoms with van der Waals surface area (Å²) in [6.45, 7) is 9.99. The first-order valence-corrected chi connectivity index (χ1v) is 10.9. The fraction of sp³-hybridized carbons (Fsp3) is 0.375. The molecule has 27 heavy (non-hydrogen) atoms. The molecular formula is C24H30N2S. The second-order valence-electron chi connectivity index (χ2n) is 7.40. The Bertz CT molecular complexity index is 801. The Hall–Kier alpha value is -2.13. The Balaban J connectivity index is 1.76. The van der Waals surface area contributed by atoms with E-state index in [0.717, 1.165) is 12.2 Å². The van der Waals surface area contributed by atoms with Crippen LogP contribution >= 0.6 is 11.3 Å². The van der Waals surface area contributed by atoms with Crippen LogP contribution in [0.5, 0.6) is 0 Å². The van der Waals surface area contributed by atoms with Gasteiger partial charge in [-0.25, -0.2) is 4.98 Å². The van der Waals surface area contributed by atoms with Gasteiger partial charge in [-0.2, -0.15) is 0 Å². The number of anilines is 1. The third-order valence-corrected chi connectivity index (χ3v) is 5.93. The van der Waals surface area contributed by atoms with Gasteiger partial charge in [0.2, 0.25) is 0 Å². The molecule has 0 bridgehead atoms. The second kappa shape index (κ2) is 9.18. The van der Waals surface area contributed by atoms with E-state index in [4.69, 9.17) is 0 Å². The van der Waals surface area contributed by atoms with E-state index in [1.165, 1.54) is 35.2 Å². The zero-order valence-electron chi connectivity index (χ0n) is 16.9. The molecular weight excluding hydrogens is 348 g/mol. The molecule has 0 saturated carbocycles. The molecule has 0 atom stereocenters. The van der Waals surface area contributed by atoms with Crippen LogP contribution in [-0.2, 0) is 6.54 Å². The van der Waals surface area contributed by atoms with Crippen molar-refractivity contribution in [3.63, 3.8) is 0 Å². The first-order valence-electron chi connectivity index (χ1n) is 9.96. The van der Waals surface area contributed by atoms with Crippen molar-refractivity contribution in [1.82, 2.24) is 4.98 Å². The lowest BCUT2D eigenvalue weighted by atomic mass is 9.94. The van der Waals surface area contributed by atoms with Gasteiger partial charge in [-0.15, -0.1) is 11.3 Å². The monoisotopic (exact) mass is 378 g/mol. The van der Waals surface area contributed by atoms with Gasteiger partial charge in [-0.05, 0) is 55.9 Å². The molecule has 0 fully saturated rings. The molecule has 3 rings (SSSR count). The van der Waals surface area contributed by atoms with Crippen LogP contribution in [-0.4, -0.2) is 11.0 Å². The molecule has 1 aromatic heterocycles. The lowest BCUT2D eigenvalue weighted by Crippen LogP contribution is -2.30. The van der Waals surface area contributed by atoms with E-state index < -0.39 is 0 Å². The van der Waals surface area contributed by atoms with Gasteiger partial charge in [0, 0.05) is 29.2 Å². The average Bonchev–Trinajstić information content (AvgIpc) is 3.23. The molecule has 0 amide bonds.